The maximum Gasteiger partial charge on any atom is 0.251 e. The van der Waals surface area contributed by atoms with Crippen molar-refractivity contribution in [3.63, 3.8) is 0 Å². The van der Waals surface area contributed by atoms with E-state index in [1.165, 1.54) is 5.71 Å². The number of hydrogen-bond donors (Lipinski definition) is 1. The molecule has 3 rings (SSSR count). The SMILES string of the molecule is C[N+](=C1CCC(NC(=O)c2ccc(I)cc2)CC1)c1ccc(C#N)c(Cl)c1. The number of amides is 1. The van der Waals surface area contributed by atoms with Crippen LogP contribution < -0.4 is 5.32 Å². The topological polar surface area (TPSA) is 55.9 Å². The van der Waals surface area contributed by atoms with Crippen LogP contribution in [0.1, 0.15) is 41.6 Å². The zero-order chi connectivity index (χ0) is 19.4. The largest absolute Gasteiger partial charge is 0.349 e. The molecule has 27 heavy (non-hydrogen) atoms. The molecular weight excluding hydrogens is 473 g/mol. The summed E-state index contributed by atoms with van der Waals surface area (Å²) in [5.41, 5.74) is 3.49. The van der Waals surface area contributed by atoms with Crippen LogP contribution in [0.2, 0.25) is 5.02 Å². The molecule has 6 heteroatoms. The second-order valence-electron chi connectivity index (χ2n) is 6.66. The van der Waals surface area contributed by atoms with Crippen LogP contribution in [0.4, 0.5) is 5.69 Å². The van der Waals surface area contributed by atoms with E-state index in [0.29, 0.717) is 16.1 Å². The van der Waals surface area contributed by atoms with Gasteiger partial charge in [0.15, 0.2) is 5.71 Å². The quantitative estimate of drug-likeness (QED) is 0.489. The van der Waals surface area contributed by atoms with Crippen molar-refractivity contribution in [2.75, 3.05) is 7.05 Å². The summed E-state index contributed by atoms with van der Waals surface area (Å²) < 4.78 is 3.26. The number of carbonyl (C=O) groups is 1. The van der Waals surface area contributed by atoms with E-state index in [1.54, 1.807) is 6.07 Å². The maximum atomic E-state index is 12.4. The smallest absolute Gasteiger partial charge is 0.251 e. The molecule has 4 nitrogen and oxygen atoms in total. The summed E-state index contributed by atoms with van der Waals surface area (Å²) in [6, 6.07) is 15.4. The first-order valence-corrected chi connectivity index (χ1v) is 10.3. The summed E-state index contributed by atoms with van der Waals surface area (Å²) in [4.78, 5) is 12.4. The van der Waals surface area contributed by atoms with Crippen molar-refractivity contribution in [3.8, 4) is 6.07 Å². The lowest BCUT2D eigenvalue weighted by Gasteiger charge is -2.23. The predicted octanol–water partition coefficient (Wildman–Crippen LogP) is 4.90. The third-order valence-electron chi connectivity index (χ3n) is 4.94. The number of benzene rings is 2. The number of rotatable bonds is 3. The van der Waals surface area contributed by atoms with Crippen LogP contribution in [0.15, 0.2) is 42.5 Å². The van der Waals surface area contributed by atoms with Gasteiger partial charge in [0.05, 0.1) is 10.6 Å². The summed E-state index contributed by atoms with van der Waals surface area (Å²) in [7, 11) is 2.03. The summed E-state index contributed by atoms with van der Waals surface area (Å²) in [5, 5.41) is 12.6. The monoisotopic (exact) mass is 492 g/mol. The molecule has 2 aromatic carbocycles. The minimum Gasteiger partial charge on any atom is -0.349 e. The van der Waals surface area contributed by atoms with Crippen LogP contribution in [0.5, 0.6) is 0 Å². The highest BCUT2D eigenvalue weighted by Gasteiger charge is 2.25. The van der Waals surface area contributed by atoms with Gasteiger partial charge in [0.2, 0.25) is 5.69 Å². The Hall–Kier alpha value is -1.91. The molecule has 0 unspecified atom stereocenters. The van der Waals surface area contributed by atoms with Crippen molar-refractivity contribution in [1.29, 1.82) is 5.26 Å². The van der Waals surface area contributed by atoms with Gasteiger partial charge in [-0.25, -0.2) is 4.58 Å². The molecule has 2 aromatic rings. The third-order valence-corrected chi connectivity index (χ3v) is 5.97. The van der Waals surface area contributed by atoms with Gasteiger partial charge in [0, 0.05) is 40.1 Å². The predicted molar refractivity (Wildman–Crippen MR) is 116 cm³/mol. The van der Waals surface area contributed by atoms with E-state index in [2.05, 4.69) is 38.6 Å². The molecule has 0 aromatic heterocycles. The Kier molecular flexibility index (Phi) is 6.51. The van der Waals surface area contributed by atoms with Crippen LogP contribution >= 0.6 is 34.2 Å². The number of nitriles is 1. The number of nitrogens with zero attached hydrogens (tertiary/aromatic N) is 2. The van der Waals surface area contributed by atoms with E-state index in [0.717, 1.165) is 34.9 Å². The Morgan fingerprint density at radius 1 is 1.22 bits per heavy atom. The normalized spacial score (nSPS) is 16.5. The molecular formula is C21H20ClIN3O+. The van der Waals surface area contributed by atoms with Gasteiger partial charge in [-0.15, -0.1) is 0 Å². The Balaban J connectivity index is 1.63. The molecule has 0 atom stereocenters. The van der Waals surface area contributed by atoms with Crippen molar-refractivity contribution < 1.29 is 9.37 Å². The molecule has 138 valence electrons. The van der Waals surface area contributed by atoms with Crippen molar-refractivity contribution in [2.24, 2.45) is 0 Å². The van der Waals surface area contributed by atoms with E-state index in [4.69, 9.17) is 16.9 Å². The van der Waals surface area contributed by atoms with Crippen LogP contribution in [-0.2, 0) is 0 Å². The van der Waals surface area contributed by atoms with Crippen LogP contribution in [0.25, 0.3) is 0 Å². The van der Waals surface area contributed by atoms with Crippen molar-refractivity contribution in [3.05, 3.63) is 62.2 Å². The lowest BCUT2D eigenvalue weighted by atomic mass is 9.93. The van der Waals surface area contributed by atoms with Crippen molar-refractivity contribution in [1.82, 2.24) is 5.32 Å². The van der Waals surface area contributed by atoms with Gasteiger partial charge in [-0.1, -0.05) is 11.6 Å². The van der Waals surface area contributed by atoms with Gasteiger partial charge in [0.1, 0.15) is 13.1 Å². The third kappa shape index (κ3) is 4.88. The molecule has 1 fully saturated rings. The van der Waals surface area contributed by atoms with Gasteiger partial charge in [-0.2, -0.15) is 5.26 Å². The molecule has 1 saturated carbocycles. The molecule has 0 saturated heterocycles. The fourth-order valence-electron chi connectivity index (χ4n) is 3.29. The molecule has 0 bridgehead atoms. The Labute approximate surface area is 178 Å². The summed E-state index contributed by atoms with van der Waals surface area (Å²) >= 11 is 8.39. The first kappa shape index (κ1) is 19.8. The lowest BCUT2D eigenvalue weighted by molar-refractivity contribution is -0.408. The summed E-state index contributed by atoms with van der Waals surface area (Å²) in [6.45, 7) is 0. The summed E-state index contributed by atoms with van der Waals surface area (Å²) in [6.07, 6.45) is 3.68. The highest BCUT2D eigenvalue weighted by Crippen LogP contribution is 2.24. The maximum absolute atomic E-state index is 12.4. The van der Waals surface area contributed by atoms with E-state index in [1.807, 2.05) is 43.4 Å². The van der Waals surface area contributed by atoms with Gasteiger partial charge >= 0.3 is 0 Å². The summed E-state index contributed by atoms with van der Waals surface area (Å²) in [5.74, 6) is -0.00733. The zero-order valence-electron chi connectivity index (χ0n) is 15.0. The van der Waals surface area contributed by atoms with Gasteiger partial charge in [0.25, 0.3) is 5.91 Å². The van der Waals surface area contributed by atoms with Crippen molar-refractivity contribution >= 4 is 51.5 Å². The minimum atomic E-state index is -0.00733. The van der Waals surface area contributed by atoms with E-state index in [9.17, 15) is 4.79 Å². The Bertz CT molecular complexity index is 921. The number of hydrogen-bond acceptors (Lipinski definition) is 2. The van der Waals surface area contributed by atoms with Gasteiger partial charge < -0.3 is 5.32 Å². The highest BCUT2D eigenvalue weighted by molar-refractivity contribution is 14.1. The molecule has 1 aliphatic carbocycles. The Morgan fingerprint density at radius 3 is 2.48 bits per heavy atom. The van der Waals surface area contributed by atoms with Gasteiger partial charge in [-0.3, -0.25) is 4.79 Å². The fourth-order valence-corrected chi connectivity index (χ4v) is 3.86. The average Bonchev–Trinajstić information content (AvgIpc) is 2.68. The molecule has 0 radical (unpaired) electrons. The zero-order valence-corrected chi connectivity index (χ0v) is 17.9. The standard InChI is InChI=1S/C21H19ClIN3O/c1-26(19-9-4-15(13-24)20(22)12-19)18-10-7-17(8-11-18)25-21(27)14-2-5-16(23)6-3-14/h2-6,9,12,17H,7-8,10-11H2,1H3/p+1. The van der Waals surface area contributed by atoms with Crippen LogP contribution in [0, 0.1) is 14.9 Å². The van der Waals surface area contributed by atoms with E-state index in [-0.39, 0.29) is 11.9 Å². The number of nitrogens with one attached hydrogen (secondary N) is 1. The fraction of sp³-hybridized carbons (Fsp3) is 0.286. The van der Waals surface area contributed by atoms with E-state index >= 15 is 0 Å². The second kappa shape index (κ2) is 8.85. The average molecular weight is 493 g/mol. The van der Waals surface area contributed by atoms with Crippen molar-refractivity contribution in [2.45, 2.75) is 31.7 Å². The highest BCUT2D eigenvalue weighted by atomic mass is 127. The molecule has 1 N–H and O–H groups in total. The lowest BCUT2D eigenvalue weighted by Crippen LogP contribution is -2.38. The molecule has 1 amide bonds. The molecule has 0 aliphatic heterocycles. The van der Waals surface area contributed by atoms with Crippen LogP contribution in [0.3, 0.4) is 0 Å². The number of carbonyl (C=O) groups excluding carboxylic acids is 1. The first-order chi connectivity index (χ1) is 13.0. The molecule has 0 heterocycles. The second-order valence-corrected chi connectivity index (χ2v) is 8.31. The first-order valence-electron chi connectivity index (χ1n) is 8.82. The van der Waals surface area contributed by atoms with E-state index < -0.39 is 0 Å². The Morgan fingerprint density at radius 2 is 1.89 bits per heavy atom. The molecule has 1 aliphatic rings. The van der Waals surface area contributed by atoms with Crippen LogP contribution in [-0.4, -0.2) is 29.3 Å². The molecule has 0 spiro atoms. The minimum absolute atomic E-state index is 0.00733. The van der Waals surface area contributed by atoms with Gasteiger partial charge in [-0.05, 0) is 65.8 Å². The number of halogens is 2.